The number of rotatable bonds is 7. The molecule has 1 amide bonds. The molecular formula is C9H19NO2. The molecule has 0 unspecified atom stereocenters. The lowest BCUT2D eigenvalue weighted by Crippen LogP contribution is -2.28. The number of unbranched alkanes of at least 4 members (excludes halogenated alkanes) is 2. The van der Waals surface area contributed by atoms with Crippen molar-refractivity contribution in [3.63, 3.8) is 0 Å². The second-order valence-corrected chi connectivity index (χ2v) is 2.69. The third kappa shape index (κ3) is 7.54. The van der Waals surface area contributed by atoms with E-state index in [0.717, 1.165) is 13.0 Å². The molecule has 0 aromatic heterocycles. The second-order valence-electron chi connectivity index (χ2n) is 2.69. The summed E-state index contributed by atoms with van der Waals surface area (Å²) in [6, 6.07) is 0. The highest BCUT2D eigenvalue weighted by Crippen LogP contribution is 1.90. The Kier molecular flexibility index (Phi) is 8.12. The molecule has 12 heavy (non-hydrogen) atoms. The summed E-state index contributed by atoms with van der Waals surface area (Å²) in [5.74, 6) is -0.00652. The Morgan fingerprint density at radius 2 is 2.08 bits per heavy atom. The summed E-state index contributed by atoms with van der Waals surface area (Å²) in [7, 11) is 0. The van der Waals surface area contributed by atoms with Crippen molar-refractivity contribution in [3.05, 3.63) is 0 Å². The molecule has 0 fully saturated rings. The monoisotopic (exact) mass is 173 g/mol. The van der Waals surface area contributed by atoms with Crippen LogP contribution >= 0.6 is 0 Å². The highest BCUT2D eigenvalue weighted by Gasteiger charge is 1.97. The molecule has 0 rings (SSSR count). The molecular weight excluding hydrogens is 154 g/mol. The van der Waals surface area contributed by atoms with Gasteiger partial charge in [0.15, 0.2) is 0 Å². The van der Waals surface area contributed by atoms with E-state index in [1.54, 1.807) is 0 Å². The molecule has 0 bridgehead atoms. The van der Waals surface area contributed by atoms with Gasteiger partial charge in [0.05, 0.1) is 0 Å². The van der Waals surface area contributed by atoms with E-state index < -0.39 is 0 Å². The van der Waals surface area contributed by atoms with Gasteiger partial charge in [-0.1, -0.05) is 19.8 Å². The molecule has 0 aromatic rings. The molecule has 0 heterocycles. The van der Waals surface area contributed by atoms with Crippen molar-refractivity contribution in [2.75, 3.05) is 19.8 Å². The Labute approximate surface area is 74.5 Å². The summed E-state index contributed by atoms with van der Waals surface area (Å²) >= 11 is 0. The predicted octanol–water partition coefficient (Wildman–Crippen LogP) is 1.33. The normalized spacial score (nSPS) is 9.83. The molecule has 72 valence electrons. The first-order chi connectivity index (χ1) is 5.81. The van der Waals surface area contributed by atoms with Crippen LogP contribution in [-0.4, -0.2) is 25.7 Å². The van der Waals surface area contributed by atoms with Crippen LogP contribution in [0.15, 0.2) is 0 Å². The Hall–Kier alpha value is -0.570. The van der Waals surface area contributed by atoms with Crippen LogP contribution in [0.1, 0.15) is 33.1 Å². The van der Waals surface area contributed by atoms with Crippen LogP contribution in [0.2, 0.25) is 0 Å². The highest BCUT2D eigenvalue weighted by molar-refractivity contribution is 5.77. The minimum Gasteiger partial charge on any atom is -0.372 e. The topological polar surface area (TPSA) is 38.3 Å². The van der Waals surface area contributed by atoms with Gasteiger partial charge in [-0.2, -0.15) is 0 Å². The van der Waals surface area contributed by atoms with Crippen LogP contribution in [0.25, 0.3) is 0 Å². The van der Waals surface area contributed by atoms with Gasteiger partial charge in [0, 0.05) is 13.2 Å². The maximum atomic E-state index is 10.9. The van der Waals surface area contributed by atoms with Gasteiger partial charge < -0.3 is 10.1 Å². The van der Waals surface area contributed by atoms with Crippen molar-refractivity contribution in [1.29, 1.82) is 0 Å². The summed E-state index contributed by atoms with van der Waals surface area (Å²) in [5.41, 5.74) is 0. The minimum atomic E-state index is -0.00652. The summed E-state index contributed by atoms with van der Waals surface area (Å²) in [6.07, 6.45) is 3.42. The average molecular weight is 173 g/mol. The summed E-state index contributed by atoms with van der Waals surface area (Å²) in [6.45, 7) is 5.59. The molecule has 1 N–H and O–H groups in total. The Morgan fingerprint density at radius 3 is 2.67 bits per heavy atom. The molecule has 0 spiro atoms. The van der Waals surface area contributed by atoms with E-state index in [-0.39, 0.29) is 12.5 Å². The molecule has 3 heteroatoms. The Bertz CT molecular complexity index is 115. The minimum absolute atomic E-state index is 0.00652. The van der Waals surface area contributed by atoms with Crippen molar-refractivity contribution in [2.24, 2.45) is 0 Å². The van der Waals surface area contributed by atoms with Gasteiger partial charge in [-0.15, -0.1) is 0 Å². The number of carbonyl (C=O) groups excluding carboxylic acids is 1. The summed E-state index contributed by atoms with van der Waals surface area (Å²) in [4.78, 5) is 10.9. The third-order valence-electron chi connectivity index (χ3n) is 1.54. The number of hydrogen-bond donors (Lipinski definition) is 1. The molecule has 0 saturated heterocycles. The third-order valence-corrected chi connectivity index (χ3v) is 1.54. The van der Waals surface area contributed by atoms with Gasteiger partial charge in [0.2, 0.25) is 5.91 Å². The molecule has 3 nitrogen and oxygen atoms in total. The first-order valence-electron chi connectivity index (χ1n) is 4.65. The molecule has 0 aromatic carbocycles. The second kappa shape index (κ2) is 8.53. The quantitative estimate of drug-likeness (QED) is 0.590. The molecule has 0 atom stereocenters. The van der Waals surface area contributed by atoms with Gasteiger partial charge in [-0.25, -0.2) is 0 Å². The number of carbonyl (C=O) groups is 1. The van der Waals surface area contributed by atoms with Crippen molar-refractivity contribution in [3.8, 4) is 0 Å². The molecule has 0 aliphatic rings. The first kappa shape index (κ1) is 11.4. The van der Waals surface area contributed by atoms with Crippen LogP contribution in [-0.2, 0) is 9.53 Å². The number of amides is 1. The van der Waals surface area contributed by atoms with E-state index in [4.69, 9.17) is 4.74 Å². The van der Waals surface area contributed by atoms with Crippen molar-refractivity contribution in [1.82, 2.24) is 5.32 Å². The summed E-state index contributed by atoms with van der Waals surface area (Å²) in [5, 5.41) is 2.79. The van der Waals surface area contributed by atoms with E-state index in [1.807, 2.05) is 6.92 Å². The lowest BCUT2D eigenvalue weighted by atomic mass is 10.2. The van der Waals surface area contributed by atoms with E-state index >= 15 is 0 Å². The predicted molar refractivity (Wildman–Crippen MR) is 49.0 cm³/mol. The van der Waals surface area contributed by atoms with Gasteiger partial charge in [0.1, 0.15) is 6.61 Å². The van der Waals surface area contributed by atoms with E-state index in [0.29, 0.717) is 6.61 Å². The maximum absolute atomic E-state index is 10.9. The van der Waals surface area contributed by atoms with Gasteiger partial charge >= 0.3 is 0 Å². The van der Waals surface area contributed by atoms with Crippen LogP contribution in [0.4, 0.5) is 0 Å². The molecule has 0 saturated carbocycles. The van der Waals surface area contributed by atoms with Gasteiger partial charge in [-0.05, 0) is 13.3 Å². The number of ether oxygens (including phenoxy) is 1. The van der Waals surface area contributed by atoms with Crippen molar-refractivity contribution in [2.45, 2.75) is 33.1 Å². The average Bonchev–Trinajstić information content (AvgIpc) is 2.09. The first-order valence-corrected chi connectivity index (χ1v) is 4.65. The van der Waals surface area contributed by atoms with E-state index in [1.165, 1.54) is 12.8 Å². The molecule has 0 aliphatic heterocycles. The Balaban J connectivity index is 3.08. The smallest absolute Gasteiger partial charge is 0.245 e. The van der Waals surface area contributed by atoms with Gasteiger partial charge in [-0.3, -0.25) is 4.79 Å². The van der Waals surface area contributed by atoms with Crippen LogP contribution < -0.4 is 5.32 Å². The van der Waals surface area contributed by atoms with Crippen molar-refractivity contribution < 1.29 is 9.53 Å². The molecule has 0 aliphatic carbocycles. The fourth-order valence-corrected chi connectivity index (χ4v) is 0.849. The highest BCUT2D eigenvalue weighted by atomic mass is 16.5. The lowest BCUT2D eigenvalue weighted by Gasteiger charge is -2.03. The zero-order valence-electron chi connectivity index (χ0n) is 8.06. The summed E-state index contributed by atoms with van der Waals surface area (Å²) < 4.78 is 4.94. The largest absolute Gasteiger partial charge is 0.372 e. The Morgan fingerprint density at radius 1 is 1.33 bits per heavy atom. The number of hydrogen-bond acceptors (Lipinski definition) is 2. The SMILES string of the molecule is CCCCCNC(=O)COCC. The van der Waals surface area contributed by atoms with Crippen molar-refractivity contribution >= 4 is 5.91 Å². The lowest BCUT2D eigenvalue weighted by molar-refractivity contribution is -0.125. The van der Waals surface area contributed by atoms with E-state index in [9.17, 15) is 4.79 Å². The fourth-order valence-electron chi connectivity index (χ4n) is 0.849. The zero-order valence-corrected chi connectivity index (χ0v) is 8.06. The standard InChI is InChI=1S/C9H19NO2/c1-3-5-6-7-10-9(11)8-12-4-2/h3-8H2,1-2H3,(H,10,11). The fraction of sp³-hybridized carbons (Fsp3) is 0.889. The molecule has 0 radical (unpaired) electrons. The van der Waals surface area contributed by atoms with E-state index in [2.05, 4.69) is 12.2 Å². The van der Waals surface area contributed by atoms with Crippen LogP contribution in [0, 0.1) is 0 Å². The van der Waals surface area contributed by atoms with Crippen LogP contribution in [0.5, 0.6) is 0 Å². The van der Waals surface area contributed by atoms with Crippen LogP contribution in [0.3, 0.4) is 0 Å². The number of nitrogens with one attached hydrogen (secondary N) is 1. The van der Waals surface area contributed by atoms with Gasteiger partial charge in [0.25, 0.3) is 0 Å². The maximum Gasteiger partial charge on any atom is 0.245 e. The zero-order chi connectivity index (χ0) is 9.23.